The van der Waals surface area contributed by atoms with E-state index >= 15 is 0 Å². The van der Waals surface area contributed by atoms with Gasteiger partial charge in [0, 0.05) is 11.9 Å². The zero-order valence-corrected chi connectivity index (χ0v) is 11.8. The van der Waals surface area contributed by atoms with E-state index in [1.807, 2.05) is 31.2 Å². The van der Waals surface area contributed by atoms with Gasteiger partial charge in [-0.3, -0.25) is 4.98 Å². The van der Waals surface area contributed by atoms with Crippen molar-refractivity contribution in [2.24, 2.45) is 0 Å². The van der Waals surface area contributed by atoms with Crippen molar-refractivity contribution in [3.63, 3.8) is 0 Å². The Bertz CT molecular complexity index is 726. The smallest absolute Gasteiger partial charge is 0.145 e. The predicted molar refractivity (Wildman–Crippen MR) is 79.9 cm³/mol. The number of hydrogen-bond acceptors (Lipinski definition) is 6. The molecule has 0 bridgehead atoms. The lowest BCUT2D eigenvalue weighted by Crippen LogP contribution is -2.00. The topological polar surface area (TPSA) is 63.6 Å². The molecule has 0 aliphatic heterocycles. The molecule has 0 saturated heterocycles. The first-order chi connectivity index (χ1) is 9.86. The second-order valence-corrected chi connectivity index (χ2v) is 5.08. The van der Waals surface area contributed by atoms with E-state index in [9.17, 15) is 0 Å². The third kappa shape index (κ3) is 2.70. The Kier molecular flexibility index (Phi) is 3.73. The molecule has 0 spiro atoms. The van der Waals surface area contributed by atoms with Crippen LogP contribution in [0.3, 0.4) is 0 Å². The van der Waals surface area contributed by atoms with Crippen molar-refractivity contribution in [1.82, 2.24) is 19.9 Å². The SMILES string of the molecule is CCNc1cncc(Sc2ncnc3ccccc23)n1. The first kappa shape index (κ1) is 12.8. The Morgan fingerprint density at radius 2 is 2.05 bits per heavy atom. The van der Waals surface area contributed by atoms with Gasteiger partial charge in [0.15, 0.2) is 0 Å². The van der Waals surface area contributed by atoms with Crippen molar-refractivity contribution >= 4 is 28.5 Å². The molecule has 2 aromatic heterocycles. The van der Waals surface area contributed by atoms with Gasteiger partial charge >= 0.3 is 0 Å². The predicted octanol–water partition coefficient (Wildman–Crippen LogP) is 3.00. The zero-order valence-electron chi connectivity index (χ0n) is 10.9. The minimum atomic E-state index is 0.774. The van der Waals surface area contributed by atoms with Crippen molar-refractivity contribution in [1.29, 1.82) is 0 Å². The maximum absolute atomic E-state index is 4.49. The fourth-order valence-corrected chi connectivity index (χ4v) is 2.66. The quantitative estimate of drug-likeness (QED) is 0.743. The first-order valence-electron chi connectivity index (χ1n) is 6.30. The number of benzene rings is 1. The zero-order chi connectivity index (χ0) is 13.8. The normalized spacial score (nSPS) is 10.7. The summed E-state index contributed by atoms with van der Waals surface area (Å²) < 4.78 is 0. The molecule has 1 N–H and O–H groups in total. The Hall–Kier alpha value is -2.21. The molecule has 20 heavy (non-hydrogen) atoms. The number of nitrogens with one attached hydrogen (secondary N) is 1. The molecule has 1 aromatic carbocycles. The van der Waals surface area contributed by atoms with Crippen LogP contribution in [0.5, 0.6) is 0 Å². The molecule has 0 amide bonds. The number of rotatable bonds is 4. The maximum atomic E-state index is 4.49. The lowest BCUT2D eigenvalue weighted by Gasteiger charge is -2.05. The van der Waals surface area contributed by atoms with E-state index in [0.717, 1.165) is 33.3 Å². The Balaban J connectivity index is 1.95. The van der Waals surface area contributed by atoms with Crippen LogP contribution in [0.4, 0.5) is 5.82 Å². The highest BCUT2D eigenvalue weighted by Crippen LogP contribution is 2.29. The number of fused-ring (bicyclic) bond motifs is 1. The third-order valence-corrected chi connectivity index (χ3v) is 3.60. The van der Waals surface area contributed by atoms with Crippen LogP contribution in [0.15, 0.2) is 53.0 Å². The summed E-state index contributed by atoms with van der Waals surface area (Å²) in [4.78, 5) is 17.3. The summed E-state index contributed by atoms with van der Waals surface area (Å²) in [6, 6.07) is 7.94. The molecule has 0 fully saturated rings. The fourth-order valence-electron chi connectivity index (χ4n) is 1.82. The van der Waals surface area contributed by atoms with E-state index in [1.54, 1.807) is 18.7 Å². The summed E-state index contributed by atoms with van der Waals surface area (Å²) in [7, 11) is 0. The van der Waals surface area contributed by atoms with Gasteiger partial charge in [0.1, 0.15) is 22.2 Å². The maximum Gasteiger partial charge on any atom is 0.145 e. The minimum Gasteiger partial charge on any atom is -0.369 e. The van der Waals surface area contributed by atoms with Gasteiger partial charge in [-0.15, -0.1) is 0 Å². The van der Waals surface area contributed by atoms with Gasteiger partial charge < -0.3 is 5.32 Å². The molecule has 5 nitrogen and oxygen atoms in total. The first-order valence-corrected chi connectivity index (χ1v) is 7.12. The molecule has 0 saturated carbocycles. The average Bonchev–Trinajstić information content (AvgIpc) is 2.48. The van der Waals surface area contributed by atoms with Gasteiger partial charge in [0.25, 0.3) is 0 Å². The molecule has 100 valence electrons. The van der Waals surface area contributed by atoms with Crippen LogP contribution in [-0.4, -0.2) is 26.5 Å². The van der Waals surface area contributed by atoms with Crippen LogP contribution >= 0.6 is 11.8 Å². The third-order valence-electron chi connectivity index (χ3n) is 2.68. The van der Waals surface area contributed by atoms with Crippen LogP contribution in [-0.2, 0) is 0 Å². The number of para-hydroxylation sites is 1. The van der Waals surface area contributed by atoms with Crippen LogP contribution in [0.25, 0.3) is 10.9 Å². The van der Waals surface area contributed by atoms with Gasteiger partial charge in [-0.2, -0.15) is 0 Å². The van der Waals surface area contributed by atoms with Gasteiger partial charge in [-0.1, -0.05) is 18.2 Å². The lowest BCUT2D eigenvalue weighted by molar-refractivity contribution is 1.02. The Morgan fingerprint density at radius 3 is 2.95 bits per heavy atom. The molecule has 0 atom stereocenters. The molecule has 0 unspecified atom stereocenters. The molecule has 0 aliphatic rings. The van der Waals surface area contributed by atoms with E-state index in [2.05, 4.69) is 25.3 Å². The molecule has 3 rings (SSSR count). The number of aromatic nitrogens is 4. The van der Waals surface area contributed by atoms with E-state index in [4.69, 9.17) is 0 Å². The minimum absolute atomic E-state index is 0.774. The molecule has 6 heteroatoms. The summed E-state index contributed by atoms with van der Waals surface area (Å²) in [5.41, 5.74) is 0.931. The van der Waals surface area contributed by atoms with Crippen LogP contribution < -0.4 is 5.32 Å². The monoisotopic (exact) mass is 283 g/mol. The van der Waals surface area contributed by atoms with Crippen molar-refractivity contribution in [2.75, 3.05) is 11.9 Å². The van der Waals surface area contributed by atoms with Crippen molar-refractivity contribution < 1.29 is 0 Å². The van der Waals surface area contributed by atoms with Gasteiger partial charge in [0.2, 0.25) is 0 Å². The van der Waals surface area contributed by atoms with E-state index in [0.29, 0.717) is 0 Å². The van der Waals surface area contributed by atoms with Gasteiger partial charge in [-0.05, 0) is 24.8 Å². The van der Waals surface area contributed by atoms with Crippen molar-refractivity contribution in [3.8, 4) is 0 Å². The number of hydrogen-bond donors (Lipinski definition) is 1. The summed E-state index contributed by atoms with van der Waals surface area (Å²) in [6.07, 6.45) is 5.03. The summed E-state index contributed by atoms with van der Waals surface area (Å²) >= 11 is 1.49. The molecular formula is C14H13N5S. The highest BCUT2D eigenvalue weighted by molar-refractivity contribution is 7.99. The summed E-state index contributed by atoms with van der Waals surface area (Å²) in [6.45, 7) is 2.85. The van der Waals surface area contributed by atoms with E-state index in [1.165, 1.54) is 11.8 Å². The molecular weight excluding hydrogens is 270 g/mol. The molecule has 3 aromatic rings. The molecule has 2 heterocycles. The van der Waals surface area contributed by atoms with Crippen molar-refractivity contribution in [3.05, 3.63) is 43.0 Å². The Morgan fingerprint density at radius 1 is 1.15 bits per heavy atom. The van der Waals surface area contributed by atoms with Gasteiger partial charge in [0.05, 0.1) is 17.9 Å². The van der Waals surface area contributed by atoms with Gasteiger partial charge in [-0.25, -0.2) is 15.0 Å². The van der Waals surface area contributed by atoms with E-state index in [-0.39, 0.29) is 0 Å². The second kappa shape index (κ2) is 5.83. The lowest BCUT2D eigenvalue weighted by atomic mass is 10.2. The largest absolute Gasteiger partial charge is 0.369 e. The van der Waals surface area contributed by atoms with Crippen LogP contribution in [0.1, 0.15) is 6.92 Å². The molecule has 0 aliphatic carbocycles. The standard InChI is InChI=1S/C14H13N5S/c1-2-16-12-7-15-8-13(19-12)20-14-10-5-3-4-6-11(10)17-9-18-14/h3-9H,2H2,1H3,(H,16,19). The fraction of sp³-hybridized carbons (Fsp3) is 0.143. The average molecular weight is 283 g/mol. The number of anilines is 1. The van der Waals surface area contributed by atoms with Crippen LogP contribution in [0.2, 0.25) is 0 Å². The Labute approximate surface area is 120 Å². The van der Waals surface area contributed by atoms with Crippen molar-refractivity contribution in [2.45, 2.75) is 17.0 Å². The summed E-state index contributed by atoms with van der Waals surface area (Å²) in [5, 5.41) is 5.87. The van der Waals surface area contributed by atoms with Crippen LogP contribution in [0, 0.1) is 0 Å². The summed E-state index contributed by atoms with van der Waals surface area (Å²) in [5.74, 6) is 0.774. The highest BCUT2D eigenvalue weighted by atomic mass is 32.2. The highest BCUT2D eigenvalue weighted by Gasteiger charge is 2.07. The van der Waals surface area contributed by atoms with E-state index < -0.39 is 0 Å². The number of nitrogens with zero attached hydrogens (tertiary/aromatic N) is 4. The second-order valence-electron chi connectivity index (χ2n) is 4.07. The molecule has 0 radical (unpaired) electrons.